The molecule has 0 fully saturated rings. The molecule has 0 unspecified atom stereocenters. The van der Waals surface area contributed by atoms with Gasteiger partial charge in [0.1, 0.15) is 5.02 Å². The van der Waals surface area contributed by atoms with Crippen LogP contribution in [0.15, 0.2) is 48.5 Å². The molecule has 2 N–H and O–H groups in total. The van der Waals surface area contributed by atoms with Crippen molar-refractivity contribution in [3.05, 3.63) is 69.2 Å². The molecule has 0 aliphatic carbocycles. The third kappa shape index (κ3) is 6.51. The first-order valence-corrected chi connectivity index (χ1v) is 8.95. The van der Waals surface area contributed by atoms with Crippen LogP contribution in [0.1, 0.15) is 25.8 Å². The first kappa shape index (κ1) is 21.1. The number of hydrogen-bond donors (Lipinski definition) is 2. The molecule has 2 aromatic carbocycles. The number of carbonyl (C=O) groups is 2. The van der Waals surface area contributed by atoms with E-state index >= 15 is 0 Å². The Kier molecular flexibility index (Phi) is 7.28. The molecule has 0 atom stereocenters. The van der Waals surface area contributed by atoms with E-state index in [1.54, 1.807) is 30.3 Å². The molecule has 0 saturated heterocycles. The molecule has 0 aliphatic rings. The number of anilines is 2. The summed E-state index contributed by atoms with van der Waals surface area (Å²) >= 11 is 5.76. The van der Waals surface area contributed by atoms with Crippen molar-refractivity contribution in [3.63, 3.8) is 0 Å². The topological polar surface area (TPSA) is 101 Å². The van der Waals surface area contributed by atoms with E-state index in [1.165, 1.54) is 24.3 Å². The lowest BCUT2D eigenvalue weighted by molar-refractivity contribution is -0.384. The Labute approximate surface area is 167 Å². The molecule has 2 amide bonds. The SMILES string of the molecule is CC(C)CC(=O)Nc1ccc(NC(=O)/C=C/c2ccc(Cl)c([N+](=O)[O-])c2)cc1. The number of nitro groups is 1. The van der Waals surface area contributed by atoms with E-state index in [9.17, 15) is 19.7 Å². The van der Waals surface area contributed by atoms with Gasteiger partial charge in [0.05, 0.1) is 4.92 Å². The standard InChI is InChI=1S/C20H20ClN3O4/c1-13(2)11-20(26)23-16-7-5-15(6-8-16)22-19(25)10-4-14-3-9-17(21)18(12-14)24(27)28/h3-10,12-13H,11H2,1-2H3,(H,22,25)(H,23,26)/b10-4+. The number of halogens is 1. The summed E-state index contributed by atoms with van der Waals surface area (Å²) in [6, 6.07) is 11.0. The van der Waals surface area contributed by atoms with E-state index in [0.717, 1.165) is 0 Å². The summed E-state index contributed by atoms with van der Waals surface area (Å²) in [5, 5.41) is 16.4. The Balaban J connectivity index is 1.96. The number of rotatable bonds is 7. The first-order chi connectivity index (χ1) is 13.2. The average Bonchev–Trinajstić information content (AvgIpc) is 2.61. The highest BCUT2D eigenvalue weighted by Gasteiger charge is 2.11. The third-order valence-corrected chi connectivity index (χ3v) is 3.94. The molecule has 2 rings (SSSR count). The lowest BCUT2D eigenvalue weighted by Gasteiger charge is -2.08. The molecule has 0 saturated carbocycles. The van der Waals surface area contributed by atoms with Crippen molar-refractivity contribution in [2.75, 3.05) is 10.6 Å². The number of nitrogens with one attached hydrogen (secondary N) is 2. The third-order valence-electron chi connectivity index (χ3n) is 3.62. The van der Waals surface area contributed by atoms with Crippen molar-refractivity contribution in [1.29, 1.82) is 0 Å². The second kappa shape index (κ2) is 9.66. The van der Waals surface area contributed by atoms with Gasteiger partial charge in [0.15, 0.2) is 0 Å². The molecule has 0 heterocycles. The van der Waals surface area contributed by atoms with Crippen molar-refractivity contribution in [2.24, 2.45) is 5.92 Å². The molecule has 2 aromatic rings. The number of nitrogens with zero attached hydrogens (tertiary/aromatic N) is 1. The van der Waals surface area contributed by atoms with E-state index < -0.39 is 10.8 Å². The fourth-order valence-corrected chi connectivity index (χ4v) is 2.54. The lowest BCUT2D eigenvalue weighted by Crippen LogP contribution is -2.14. The number of amides is 2. The van der Waals surface area contributed by atoms with E-state index in [4.69, 9.17) is 11.6 Å². The second-order valence-electron chi connectivity index (χ2n) is 6.51. The fraction of sp³-hybridized carbons (Fsp3) is 0.200. The highest BCUT2D eigenvalue weighted by molar-refractivity contribution is 6.32. The summed E-state index contributed by atoms with van der Waals surface area (Å²) < 4.78 is 0. The largest absolute Gasteiger partial charge is 0.326 e. The molecule has 0 spiro atoms. The number of benzene rings is 2. The lowest BCUT2D eigenvalue weighted by atomic mass is 10.1. The average molecular weight is 402 g/mol. The van der Waals surface area contributed by atoms with Gasteiger partial charge in [-0.05, 0) is 47.9 Å². The van der Waals surface area contributed by atoms with Crippen LogP contribution < -0.4 is 10.6 Å². The molecule has 0 radical (unpaired) electrons. The smallest absolute Gasteiger partial charge is 0.288 e. The molecule has 0 aliphatic heterocycles. The van der Waals surface area contributed by atoms with Crippen LogP contribution in [0.3, 0.4) is 0 Å². The van der Waals surface area contributed by atoms with Gasteiger partial charge >= 0.3 is 0 Å². The van der Waals surface area contributed by atoms with Gasteiger partial charge in [-0.1, -0.05) is 31.5 Å². The van der Waals surface area contributed by atoms with Crippen LogP contribution in [-0.4, -0.2) is 16.7 Å². The molecule has 146 valence electrons. The summed E-state index contributed by atoms with van der Waals surface area (Å²) in [4.78, 5) is 34.1. The Morgan fingerprint density at radius 3 is 2.29 bits per heavy atom. The Bertz CT molecular complexity index is 908. The van der Waals surface area contributed by atoms with Crippen LogP contribution in [0.5, 0.6) is 0 Å². The monoisotopic (exact) mass is 401 g/mol. The van der Waals surface area contributed by atoms with Crippen molar-refractivity contribution in [2.45, 2.75) is 20.3 Å². The van der Waals surface area contributed by atoms with Gasteiger partial charge in [-0.2, -0.15) is 0 Å². The van der Waals surface area contributed by atoms with Crippen LogP contribution >= 0.6 is 11.6 Å². The highest BCUT2D eigenvalue weighted by Crippen LogP contribution is 2.25. The molecule has 8 heteroatoms. The zero-order chi connectivity index (χ0) is 20.7. The minimum absolute atomic E-state index is 0.0344. The fourth-order valence-electron chi connectivity index (χ4n) is 2.35. The van der Waals surface area contributed by atoms with Gasteiger partial charge in [-0.3, -0.25) is 19.7 Å². The molecule has 28 heavy (non-hydrogen) atoms. The minimum atomic E-state index is -0.582. The van der Waals surface area contributed by atoms with Gasteiger partial charge in [0.25, 0.3) is 5.69 Å². The van der Waals surface area contributed by atoms with Gasteiger partial charge in [-0.25, -0.2) is 0 Å². The summed E-state index contributed by atoms with van der Waals surface area (Å²) in [6.45, 7) is 3.93. The summed E-state index contributed by atoms with van der Waals surface area (Å²) in [7, 11) is 0. The number of carbonyl (C=O) groups excluding carboxylic acids is 2. The normalized spacial score (nSPS) is 10.9. The minimum Gasteiger partial charge on any atom is -0.326 e. The van der Waals surface area contributed by atoms with Gasteiger partial charge in [0.2, 0.25) is 11.8 Å². The maximum atomic E-state index is 12.0. The summed E-state index contributed by atoms with van der Waals surface area (Å²) in [6.07, 6.45) is 3.16. The van der Waals surface area contributed by atoms with Crippen LogP contribution in [0.4, 0.5) is 17.1 Å². The van der Waals surface area contributed by atoms with Crippen LogP contribution in [0, 0.1) is 16.0 Å². The maximum Gasteiger partial charge on any atom is 0.288 e. The van der Waals surface area contributed by atoms with Crippen molar-refractivity contribution < 1.29 is 14.5 Å². The summed E-state index contributed by atoms with van der Waals surface area (Å²) in [5.41, 5.74) is 1.46. The summed E-state index contributed by atoms with van der Waals surface area (Å²) in [5.74, 6) is -0.187. The van der Waals surface area contributed by atoms with Crippen LogP contribution in [0.2, 0.25) is 5.02 Å². The molecule has 0 aromatic heterocycles. The molecule has 7 nitrogen and oxygen atoms in total. The van der Waals surface area contributed by atoms with Crippen LogP contribution in [-0.2, 0) is 9.59 Å². The molecule has 0 bridgehead atoms. The Hall–Kier alpha value is -3.19. The van der Waals surface area contributed by atoms with E-state index in [0.29, 0.717) is 23.4 Å². The second-order valence-corrected chi connectivity index (χ2v) is 6.92. The maximum absolute atomic E-state index is 12.0. The Morgan fingerprint density at radius 1 is 1.11 bits per heavy atom. The molecular formula is C20H20ClN3O4. The van der Waals surface area contributed by atoms with Crippen LogP contribution in [0.25, 0.3) is 6.08 Å². The van der Waals surface area contributed by atoms with Crippen molar-refractivity contribution in [1.82, 2.24) is 0 Å². The van der Waals surface area contributed by atoms with E-state index in [-0.39, 0.29) is 22.5 Å². The van der Waals surface area contributed by atoms with Gasteiger partial charge < -0.3 is 10.6 Å². The van der Waals surface area contributed by atoms with Crippen molar-refractivity contribution >= 4 is 46.6 Å². The zero-order valence-electron chi connectivity index (χ0n) is 15.4. The van der Waals surface area contributed by atoms with E-state index in [1.807, 2.05) is 13.8 Å². The first-order valence-electron chi connectivity index (χ1n) is 8.57. The zero-order valence-corrected chi connectivity index (χ0v) is 16.2. The Morgan fingerprint density at radius 2 is 1.71 bits per heavy atom. The molecular weight excluding hydrogens is 382 g/mol. The quantitative estimate of drug-likeness (QED) is 0.392. The predicted molar refractivity (Wildman–Crippen MR) is 110 cm³/mol. The van der Waals surface area contributed by atoms with Crippen molar-refractivity contribution in [3.8, 4) is 0 Å². The number of hydrogen-bond acceptors (Lipinski definition) is 4. The predicted octanol–water partition coefficient (Wildman–Crippen LogP) is 4.88. The van der Waals surface area contributed by atoms with E-state index in [2.05, 4.69) is 10.6 Å². The van der Waals surface area contributed by atoms with Gasteiger partial charge in [0, 0.05) is 29.9 Å². The highest BCUT2D eigenvalue weighted by atomic mass is 35.5. The van der Waals surface area contributed by atoms with Gasteiger partial charge in [-0.15, -0.1) is 0 Å². The number of nitro benzene ring substituents is 1.